The van der Waals surface area contributed by atoms with E-state index >= 15 is 0 Å². The lowest BCUT2D eigenvalue weighted by Crippen LogP contribution is -2.10. The molecule has 0 bridgehead atoms. The van der Waals surface area contributed by atoms with Gasteiger partial charge in [-0.25, -0.2) is 0 Å². The number of aromatic nitrogens is 1. The number of halogens is 3. The molecule has 7 heteroatoms. The van der Waals surface area contributed by atoms with Gasteiger partial charge in [0.25, 0.3) is 0 Å². The Hall–Kier alpha value is -2.44. The lowest BCUT2D eigenvalue weighted by molar-refractivity contribution is -0.136. The smallest absolute Gasteiger partial charge is 0.418 e. The molecule has 0 amide bonds. The number of pyridine rings is 1. The van der Waals surface area contributed by atoms with E-state index in [1.165, 1.54) is 37.4 Å². The van der Waals surface area contributed by atoms with Gasteiger partial charge in [0.15, 0.2) is 5.82 Å². The van der Waals surface area contributed by atoms with Gasteiger partial charge in [-0.05, 0) is 18.2 Å². The third kappa shape index (κ3) is 2.93. The summed E-state index contributed by atoms with van der Waals surface area (Å²) in [6.45, 7) is 0. The molecule has 0 aliphatic heterocycles. The molecule has 0 saturated heterocycles. The molecule has 0 unspecified atom stereocenters. The van der Waals surface area contributed by atoms with Crippen molar-refractivity contribution in [2.24, 2.45) is 0 Å². The van der Waals surface area contributed by atoms with Crippen molar-refractivity contribution in [1.29, 1.82) is 0 Å². The molecule has 0 radical (unpaired) electrons. The van der Waals surface area contributed by atoms with Gasteiger partial charge in [0.05, 0.1) is 24.0 Å². The van der Waals surface area contributed by atoms with Crippen LogP contribution in [-0.2, 0) is 6.18 Å². The molecule has 1 heterocycles. The van der Waals surface area contributed by atoms with E-state index < -0.39 is 11.7 Å². The highest BCUT2D eigenvalue weighted by molar-refractivity contribution is 5.71. The minimum Gasteiger partial charge on any atom is -0.481 e. The van der Waals surface area contributed by atoms with Gasteiger partial charge in [-0.15, -0.1) is 0 Å². The van der Waals surface area contributed by atoms with Crippen molar-refractivity contribution in [3.05, 3.63) is 42.0 Å². The molecule has 1 aromatic heterocycles. The molecule has 0 aliphatic carbocycles. The largest absolute Gasteiger partial charge is 0.481 e. The van der Waals surface area contributed by atoms with Crippen LogP contribution in [0, 0.1) is 0 Å². The van der Waals surface area contributed by atoms with Crippen LogP contribution >= 0.6 is 0 Å². The summed E-state index contributed by atoms with van der Waals surface area (Å²) in [5.74, 6) is 0.368. The number of anilines is 3. The van der Waals surface area contributed by atoms with E-state index in [4.69, 9.17) is 10.5 Å². The Labute approximate surface area is 113 Å². The molecule has 3 N–H and O–H groups in total. The third-order valence-corrected chi connectivity index (χ3v) is 2.60. The van der Waals surface area contributed by atoms with E-state index in [1.807, 2.05) is 0 Å². The standard InChI is InChI=1S/C13H12F3N3O/c1-20-11-7-6-9(17)12(19-11)18-10-5-3-2-4-8(10)13(14,15)16/h2-7H,17H2,1H3,(H,18,19). The molecular formula is C13H12F3N3O. The number of hydrogen-bond acceptors (Lipinski definition) is 4. The number of nitrogens with two attached hydrogens (primary N) is 1. The van der Waals surface area contributed by atoms with Crippen LogP contribution in [0.4, 0.5) is 30.4 Å². The highest BCUT2D eigenvalue weighted by Gasteiger charge is 2.33. The number of nitrogens with one attached hydrogen (secondary N) is 1. The van der Waals surface area contributed by atoms with Gasteiger partial charge < -0.3 is 15.8 Å². The Morgan fingerprint density at radius 3 is 2.50 bits per heavy atom. The van der Waals surface area contributed by atoms with Gasteiger partial charge in [0, 0.05) is 6.07 Å². The summed E-state index contributed by atoms with van der Waals surface area (Å²) in [4.78, 5) is 3.98. The number of nitrogen functional groups attached to an aromatic ring is 1. The Bertz CT molecular complexity index is 614. The van der Waals surface area contributed by atoms with E-state index in [1.54, 1.807) is 0 Å². The SMILES string of the molecule is COc1ccc(N)c(Nc2ccccc2C(F)(F)F)n1. The first-order valence-electron chi connectivity index (χ1n) is 5.65. The quantitative estimate of drug-likeness (QED) is 0.906. The van der Waals surface area contributed by atoms with E-state index in [2.05, 4.69) is 10.3 Å². The summed E-state index contributed by atoms with van der Waals surface area (Å²) in [6.07, 6.45) is -4.46. The summed E-state index contributed by atoms with van der Waals surface area (Å²) in [6, 6.07) is 8.13. The third-order valence-electron chi connectivity index (χ3n) is 2.60. The van der Waals surface area contributed by atoms with E-state index in [9.17, 15) is 13.2 Å². The van der Waals surface area contributed by atoms with Gasteiger partial charge in [-0.2, -0.15) is 18.2 Å². The second-order valence-corrected chi connectivity index (χ2v) is 3.96. The normalized spacial score (nSPS) is 11.2. The summed E-state index contributed by atoms with van der Waals surface area (Å²) in [5.41, 5.74) is 5.01. The number of alkyl halides is 3. The molecule has 1 aromatic carbocycles. The van der Waals surface area contributed by atoms with Gasteiger partial charge in [-0.1, -0.05) is 12.1 Å². The molecule has 0 aliphatic rings. The molecule has 4 nitrogen and oxygen atoms in total. The number of para-hydroxylation sites is 1. The van der Waals surface area contributed by atoms with Crippen LogP contribution in [0.25, 0.3) is 0 Å². The van der Waals surface area contributed by atoms with Crippen molar-refractivity contribution in [3.63, 3.8) is 0 Å². The fourth-order valence-corrected chi connectivity index (χ4v) is 1.63. The van der Waals surface area contributed by atoms with Crippen molar-refractivity contribution in [1.82, 2.24) is 4.98 Å². The number of ether oxygens (including phenoxy) is 1. The fourth-order valence-electron chi connectivity index (χ4n) is 1.63. The zero-order chi connectivity index (χ0) is 14.8. The van der Waals surface area contributed by atoms with Crippen LogP contribution in [0.15, 0.2) is 36.4 Å². The first kappa shape index (κ1) is 14.0. The Kier molecular flexibility index (Phi) is 3.69. The van der Waals surface area contributed by atoms with Gasteiger partial charge in [0.1, 0.15) is 0 Å². The minimum atomic E-state index is -4.46. The fraction of sp³-hybridized carbons (Fsp3) is 0.154. The van der Waals surface area contributed by atoms with E-state index in [0.29, 0.717) is 0 Å². The first-order chi connectivity index (χ1) is 9.41. The van der Waals surface area contributed by atoms with Gasteiger partial charge in [-0.3, -0.25) is 0 Å². The molecule has 20 heavy (non-hydrogen) atoms. The number of nitrogens with zero attached hydrogens (tertiary/aromatic N) is 1. The van der Waals surface area contributed by atoms with Crippen molar-refractivity contribution in [3.8, 4) is 5.88 Å². The molecule has 106 valence electrons. The zero-order valence-corrected chi connectivity index (χ0v) is 10.5. The maximum atomic E-state index is 12.9. The van der Waals surface area contributed by atoms with Crippen molar-refractivity contribution >= 4 is 17.2 Å². The van der Waals surface area contributed by atoms with Crippen LogP contribution in [0.2, 0.25) is 0 Å². The van der Waals surface area contributed by atoms with Crippen molar-refractivity contribution in [2.75, 3.05) is 18.2 Å². The summed E-state index contributed by atoms with van der Waals surface area (Å²) < 4.78 is 43.6. The van der Waals surface area contributed by atoms with Crippen LogP contribution < -0.4 is 15.8 Å². The second kappa shape index (κ2) is 5.28. The van der Waals surface area contributed by atoms with Crippen LogP contribution in [0.3, 0.4) is 0 Å². The molecule has 0 spiro atoms. The molecule has 0 saturated carbocycles. The zero-order valence-electron chi connectivity index (χ0n) is 10.5. The number of methoxy groups -OCH3 is 1. The maximum Gasteiger partial charge on any atom is 0.418 e. The minimum absolute atomic E-state index is 0.112. The predicted molar refractivity (Wildman–Crippen MR) is 69.9 cm³/mol. The van der Waals surface area contributed by atoms with Crippen molar-refractivity contribution < 1.29 is 17.9 Å². The van der Waals surface area contributed by atoms with Crippen molar-refractivity contribution in [2.45, 2.75) is 6.18 Å². The van der Waals surface area contributed by atoms with Crippen LogP contribution in [0.5, 0.6) is 5.88 Å². The Balaban J connectivity index is 2.40. The van der Waals surface area contributed by atoms with E-state index in [-0.39, 0.29) is 23.1 Å². The lowest BCUT2D eigenvalue weighted by atomic mass is 10.1. The predicted octanol–water partition coefficient (Wildman–Crippen LogP) is 3.43. The summed E-state index contributed by atoms with van der Waals surface area (Å²) in [5, 5.41) is 2.59. The van der Waals surface area contributed by atoms with Gasteiger partial charge in [0.2, 0.25) is 5.88 Å². The molecule has 2 rings (SSSR count). The summed E-state index contributed by atoms with van der Waals surface area (Å²) >= 11 is 0. The Morgan fingerprint density at radius 2 is 1.85 bits per heavy atom. The summed E-state index contributed by atoms with van der Waals surface area (Å²) in [7, 11) is 1.41. The molecular weight excluding hydrogens is 271 g/mol. The average Bonchev–Trinajstić information content (AvgIpc) is 2.41. The highest BCUT2D eigenvalue weighted by atomic mass is 19.4. The van der Waals surface area contributed by atoms with Crippen LogP contribution in [-0.4, -0.2) is 12.1 Å². The molecule has 2 aromatic rings. The topological polar surface area (TPSA) is 60.2 Å². The number of rotatable bonds is 3. The van der Waals surface area contributed by atoms with Gasteiger partial charge >= 0.3 is 6.18 Å². The molecule has 0 atom stereocenters. The molecule has 0 fully saturated rings. The maximum absolute atomic E-state index is 12.9. The highest BCUT2D eigenvalue weighted by Crippen LogP contribution is 2.36. The number of hydrogen-bond donors (Lipinski definition) is 2. The first-order valence-corrected chi connectivity index (χ1v) is 5.65. The Morgan fingerprint density at radius 1 is 1.15 bits per heavy atom. The number of benzene rings is 1. The monoisotopic (exact) mass is 283 g/mol. The van der Waals surface area contributed by atoms with E-state index in [0.717, 1.165) is 6.07 Å². The lowest BCUT2D eigenvalue weighted by Gasteiger charge is -2.15. The average molecular weight is 283 g/mol. The van der Waals surface area contributed by atoms with Crippen LogP contribution in [0.1, 0.15) is 5.56 Å². The second-order valence-electron chi connectivity index (χ2n) is 3.96.